The van der Waals surface area contributed by atoms with Gasteiger partial charge in [-0.05, 0) is 95.1 Å². The summed E-state index contributed by atoms with van der Waals surface area (Å²) in [5.74, 6) is 2.07. The maximum absolute atomic E-state index is 4.66. The zero-order valence-electron chi connectivity index (χ0n) is 12.0. The standard InChI is InChI=1S/C16H16I2N4/c17-11-1-7-15(19-9-11)21(13-3-4-13)22(14-5-6-14)16-8-2-12(18)10-20-16/h1-2,7-10,13-14H,3-6H2. The predicted octanol–water partition coefficient (Wildman–Crippen LogP) is 4.24. The summed E-state index contributed by atoms with van der Waals surface area (Å²) in [4.78, 5) is 9.32. The van der Waals surface area contributed by atoms with Crippen molar-refractivity contribution in [3.8, 4) is 0 Å². The van der Waals surface area contributed by atoms with Crippen LogP contribution < -0.4 is 10.0 Å². The van der Waals surface area contributed by atoms with Gasteiger partial charge in [0.1, 0.15) is 11.6 Å². The Hall–Kier alpha value is -0.640. The molecule has 0 amide bonds. The minimum Gasteiger partial charge on any atom is -0.263 e. The first-order valence-electron chi connectivity index (χ1n) is 7.54. The highest BCUT2D eigenvalue weighted by Gasteiger charge is 2.41. The molecule has 2 heterocycles. The summed E-state index contributed by atoms with van der Waals surface area (Å²) >= 11 is 4.61. The van der Waals surface area contributed by atoms with Gasteiger partial charge < -0.3 is 0 Å². The number of pyridine rings is 2. The van der Waals surface area contributed by atoms with Crippen LogP contribution in [0.1, 0.15) is 25.7 Å². The molecule has 6 heteroatoms. The second kappa shape index (κ2) is 6.10. The molecule has 0 saturated heterocycles. The molecule has 0 atom stereocenters. The van der Waals surface area contributed by atoms with Crippen LogP contribution in [0.5, 0.6) is 0 Å². The average molecular weight is 518 g/mol. The lowest BCUT2D eigenvalue weighted by Gasteiger charge is -2.37. The lowest BCUT2D eigenvalue weighted by atomic mass is 10.4. The molecule has 2 aliphatic carbocycles. The van der Waals surface area contributed by atoms with Gasteiger partial charge in [0.05, 0.1) is 12.1 Å². The summed E-state index contributed by atoms with van der Waals surface area (Å²) < 4.78 is 2.34. The number of halogens is 2. The fraction of sp³-hybridized carbons (Fsp3) is 0.375. The van der Waals surface area contributed by atoms with Crippen molar-refractivity contribution in [3.63, 3.8) is 0 Å². The van der Waals surface area contributed by atoms with Crippen LogP contribution in [0.2, 0.25) is 0 Å². The second-order valence-electron chi connectivity index (χ2n) is 5.82. The van der Waals surface area contributed by atoms with Gasteiger partial charge in [-0.25, -0.2) is 9.97 Å². The zero-order chi connectivity index (χ0) is 15.1. The number of anilines is 2. The maximum Gasteiger partial charge on any atom is 0.147 e. The van der Waals surface area contributed by atoms with Gasteiger partial charge in [0.15, 0.2) is 0 Å². The Kier molecular flexibility index (Phi) is 4.14. The molecule has 0 aliphatic heterocycles. The third-order valence-electron chi connectivity index (χ3n) is 3.91. The van der Waals surface area contributed by atoms with E-state index < -0.39 is 0 Å². The molecule has 0 unspecified atom stereocenters. The van der Waals surface area contributed by atoms with Gasteiger partial charge in [0, 0.05) is 19.5 Å². The van der Waals surface area contributed by atoms with Crippen molar-refractivity contribution in [1.29, 1.82) is 0 Å². The molecule has 114 valence electrons. The van der Waals surface area contributed by atoms with Gasteiger partial charge >= 0.3 is 0 Å². The molecule has 0 spiro atoms. The summed E-state index contributed by atoms with van der Waals surface area (Å²) in [5.41, 5.74) is 0. The molecule has 2 aromatic heterocycles. The number of hydrazine groups is 1. The van der Waals surface area contributed by atoms with Crippen LogP contribution in [0, 0.1) is 7.14 Å². The van der Waals surface area contributed by atoms with Crippen molar-refractivity contribution in [2.24, 2.45) is 0 Å². The van der Waals surface area contributed by atoms with E-state index in [1.165, 1.54) is 32.8 Å². The SMILES string of the molecule is Ic1ccc(N(C2CC2)N(c2ccc(I)cn2)C2CC2)nc1. The first-order valence-corrected chi connectivity index (χ1v) is 9.69. The fourth-order valence-corrected chi connectivity index (χ4v) is 3.23. The Morgan fingerprint density at radius 2 is 1.14 bits per heavy atom. The predicted molar refractivity (Wildman–Crippen MR) is 105 cm³/mol. The Morgan fingerprint density at radius 3 is 1.41 bits per heavy atom. The smallest absolute Gasteiger partial charge is 0.147 e. The number of aromatic nitrogens is 2. The van der Waals surface area contributed by atoms with Gasteiger partial charge in [-0.15, -0.1) is 0 Å². The van der Waals surface area contributed by atoms with Gasteiger partial charge in [0.2, 0.25) is 0 Å². The van der Waals surface area contributed by atoms with Crippen molar-refractivity contribution in [2.45, 2.75) is 37.8 Å². The van der Waals surface area contributed by atoms with Crippen molar-refractivity contribution in [1.82, 2.24) is 9.97 Å². The van der Waals surface area contributed by atoms with Gasteiger partial charge in [-0.2, -0.15) is 0 Å². The average Bonchev–Trinajstić information content (AvgIpc) is 3.40. The number of nitrogens with zero attached hydrogens (tertiary/aromatic N) is 4. The fourth-order valence-electron chi connectivity index (χ4n) is 2.59. The minimum absolute atomic E-state index is 0.564. The Labute approximate surface area is 157 Å². The van der Waals surface area contributed by atoms with E-state index in [-0.39, 0.29) is 0 Å². The maximum atomic E-state index is 4.66. The van der Waals surface area contributed by atoms with E-state index in [0.29, 0.717) is 12.1 Å². The molecule has 4 nitrogen and oxygen atoms in total. The third-order valence-corrected chi connectivity index (χ3v) is 5.19. The van der Waals surface area contributed by atoms with Crippen LogP contribution in [0.15, 0.2) is 36.7 Å². The first kappa shape index (κ1) is 14.9. The largest absolute Gasteiger partial charge is 0.263 e. The Morgan fingerprint density at radius 1 is 0.727 bits per heavy atom. The molecule has 4 rings (SSSR count). The minimum atomic E-state index is 0.564. The molecular weight excluding hydrogens is 502 g/mol. The van der Waals surface area contributed by atoms with Crippen LogP contribution in [0.4, 0.5) is 11.6 Å². The molecule has 0 bridgehead atoms. The molecule has 0 aromatic carbocycles. The molecular formula is C16H16I2N4. The Bertz CT molecular complexity index is 591. The summed E-state index contributed by atoms with van der Waals surface area (Å²) in [6.45, 7) is 0. The summed E-state index contributed by atoms with van der Waals surface area (Å²) in [6.07, 6.45) is 8.83. The van der Waals surface area contributed by atoms with Crippen molar-refractivity contribution in [3.05, 3.63) is 43.8 Å². The third kappa shape index (κ3) is 3.17. The molecule has 2 aromatic rings. The number of hydrogen-bond donors (Lipinski definition) is 0. The summed E-state index contributed by atoms with van der Waals surface area (Å²) in [5, 5.41) is 4.76. The summed E-state index contributed by atoms with van der Waals surface area (Å²) in [6, 6.07) is 9.64. The molecule has 2 aliphatic rings. The van der Waals surface area contributed by atoms with E-state index in [0.717, 1.165) is 11.6 Å². The molecule has 0 N–H and O–H groups in total. The van der Waals surface area contributed by atoms with E-state index in [4.69, 9.17) is 0 Å². The topological polar surface area (TPSA) is 32.3 Å². The van der Waals surface area contributed by atoms with Crippen LogP contribution in [-0.2, 0) is 0 Å². The summed E-state index contributed by atoms with van der Waals surface area (Å²) in [7, 11) is 0. The Balaban J connectivity index is 1.72. The van der Waals surface area contributed by atoms with Crippen LogP contribution in [0.25, 0.3) is 0 Å². The zero-order valence-corrected chi connectivity index (χ0v) is 16.3. The second-order valence-corrected chi connectivity index (χ2v) is 8.31. The van der Waals surface area contributed by atoms with Crippen LogP contribution in [0.3, 0.4) is 0 Å². The highest BCUT2D eigenvalue weighted by Crippen LogP contribution is 2.40. The van der Waals surface area contributed by atoms with Gasteiger partial charge in [-0.3, -0.25) is 10.0 Å². The molecule has 2 fully saturated rings. The normalized spacial score (nSPS) is 17.4. The van der Waals surface area contributed by atoms with Crippen LogP contribution >= 0.6 is 45.2 Å². The van der Waals surface area contributed by atoms with E-state index >= 15 is 0 Å². The van der Waals surface area contributed by atoms with Gasteiger partial charge in [0.25, 0.3) is 0 Å². The highest BCUT2D eigenvalue weighted by molar-refractivity contribution is 14.1. The highest BCUT2D eigenvalue weighted by atomic mass is 127. The van der Waals surface area contributed by atoms with Crippen molar-refractivity contribution < 1.29 is 0 Å². The van der Waals surface area contributed by atoms with E-state index in [9.17, 15) is 0 Å². The van der Waals surface area contributed by atoms with E-state index in [1.54, 1.807) is 0 Å². The number of hydrogen-bond acceptors (Lipinski definition) is 4. The molecule has 2 saturated carbocycles. The van der Waals surface area contributed by atoms with Crippen LogP contribution in [-0.4, -0.2) is 22.1 Å². The monoisotopic (exact) mass is 518 g/mol. The first-order chi connectivity index (χ1) is 10.7. The lowest BCUT2D eigenvalue weighted by Crippen LogP contribution is -2.47. The molecule has 0 radical (unpaired) electrons. The molecule has 22 heavy (non-hydrogen) atoms. The van der Waals surface area contributed by atoms with E-state index in [1.807, 2.05) is 12.4 Å². The van der Waals surface area contributed by atoms with Crippen molar-refractivity contribution >= 4 is 56.8 Å². The quantitative estimate of drug-likeness (QED) is 0.438. The van der Waals surface area contributed by atoms with Crippen molar-refractivity contribution in [2.75, 3.05) is 10.0 Å². The number of rotatable bonds is 5. The lowest BCUT2D eigenvalue weighted by molar-refractivity contribution is 0.683. The van der Waals surface area contributed by atoms with E-state index in [2.05, 4.69) is 89.4 Å². The van der Waals surface area contributed by atoms with Gasteiger partial charge in [-0.1, -0.05) is 0 Å².